The number of esters is 1. The van der Waals surface area contributed by atoms with Gasteiger partial charge < -0.3 is 20.2 Å². The van der Waals surface area contributed by atoms with Gasteiger partial charge in [0.2, 0.25) is 5.91 Å². The van der Waals surface area contributed by atoms with Gasteiger partial charge >= 0.3 is 5.97 Å². The maximum absolute atomic E-state index is 11.9. The highest BCUT2D eigenvalue weighted by molar-refractivity contribution is 6.26. The van der Waals surface area contributed by atoms with E-state index in [2.05, 4.69) is 5.32 Å². The smallest absolute Gasteiger partial charge is 0.328 e. The standard InChI is InChI=1S/C14H24N2O5/c1-9(2)21-14(19)12(6-5-11(17)7-15)16-13(18)10(3)8-20-4/h7,9-10,12,15H,5-6,8H2,1-4H3,(H,16,18)/t10-,12-/m0/s1. The number of carbonyl (C=O) groups excluding carboxylic acids is 3. The minimum atomic E-state index is -0.900. The van der Waals surface area contributed by atoms with Gasteiger partial charge in [0.05, 0.1) is 24.8 Å². The normalized spacial score (nSPS) is 13.4. The van der Waals surface area contributed by atoms with Crippen molar-refractivity contribution in [3.05, 3.63) is 0 Å². The molecule has 0 bridgehead atoms. The number of nitrogens with one attached hydrogen (secondary N) is 2. The van der Waals surface area contributed by atoms with Crippen molar-refractivity contribution in [1.82, 2.24) is 5.32 Å². The SMILES string of the molecule is COC[C@H](C)C(=O)N[C@@H](CCC(=O)C=N)C(=O)OC(C)C. The summed E-state index contributed by atoms with van der Waals surface area (Å²) >= 11 is 0. The Morgan fingerprint density at radius 2 is 1.86 bits per heavy atom. The lowest BCUT2D eigenvalue weighted by atomic mass is 10.1. The molecule has 0 aliphatic heterocycles. The van der Waals surface area contributed by atoms with E-state index in [1.165, 1.54) is 7.11 Å². The molecule has 0 spiro atoms. The average molecular weight is 300 g/mol. The maximum Gasteiger partial charge on any atom is 0.328 e. The van der Waals surface area contributed by atoms with Gasteiger partial charge in [-0.1, -0.05) is 6.92 Å². The average Bonchev–Trinajstić information content (AvgIpc) is 2.41. The topological polar surface area (TPSA) is 106 Å². The van der Waals surface area contributed by atoms with E-state index in [-0.39, 0.29) is 31.5 Å². The first kappa shape index (κ1) is 19.2. The molecule has 0 aromatic carbocycles. The Hall–Kier alpha value is -1.76. The van der Waals surface area contributed by atoms with E-state index in [1.807, 2.05) is 0 Å². The lowest BCUT2D eigenvalue weighted by Gasteiger charge is -2.20. The van der Waals surface area contributed by atoms with E-state index in [0.29, 0.717) is 6.21 Å². The quantitative estimate of drug-likeness (QED) is 0.456. The molecule has 0 radical (unpaired) electrons. The molecule has 0 aromatic rings. The molecule has 0 fully saturated rings. The highest BCUT2D eigenvalue weighted by atomic mass is 16.5. The largest absolute Gasteiger partial charge is 0.461 e. The zero-order valence-corrected chi connectivity index (χ0v) is 13.0. The van der Waals surface area contributed by atoms with E-state index >= 15 is 0 Å². The van der Waals surface area contributed by atoms with Crippen LogP contribution in [0.5, 0.6) is 0 Å². The van der Waals surface area contributed by atoms with Crippen LogP contribution in [0.4, 0.5) is 0 Å². The van der Waals surface area contributed by atoms with Crippen LogP contribution >= 0.6 is 0 Å². The number of carbonyl (C=O) groups is 3. The summed E-state index contributed by atoms with van der Waals surface area (Å²) in [6, 6.07) is -0.900. The highest BCUT2D eigenvalue weighted by Crippen LogP contribution is 2.05. The second kappa shape index (κ2) is 10.0. The molecule has 0 saturated carbocycles. The molecule has 0 aliphatic carbocycles. The van der Waals surface area contributed by atoms with E-state index < -0.39 is 23.7 Å². The molecular weight excluding hydrogens is 276 g/mol. The Bertz CT molecular complexity index is 382. The molecule has 21 heavy (non-hydrogen) atoms. The lowest BCUT2D eigenvalue weighted by molar-refractivity contribution is -0.152. The monoisotopic (exact) mass is 300 g/mol. The molecule has 1 amide bonds. The molecule has 0 aliphatic rings. The summed E-state index contributed by atoms with van der Waals surface area (Å²) in [5, 5.41) is 9.41. The number of ether oxygens (including phenoxy) is 2. The van der Waals surface area contributed by atoms with Gasteiger partial charge in [0, 0.05) is 13.5 Å². The van der Waals surface area contributed by atoms with Crippen LogP contribution in [-0.4, -0.2) is 49.7 Å². The van der Waals surface area contributed by atoms with E-state index in [1.54, 1.807) is 20.8 Å². The van der Waals surface area contributed by atoms with Gasteiger partial charge in [-0.2, -0.15) is 0 Å². The van der Waals surface area contributed by atoms with Gasteiger partial charge in [-0.25, -0.2) is 4.79 Å². The fourth-order valence-electron chi connectivity index (χ4n) is 1.56. The van der Waals surface area contributed by atoms with E-state index in [0.717, 1.165) is 0 Å². The van der Waals surface area contributed by atoms with Crippen LogP contribution in [0, 0.1) is 11.3 Å². The molecule has 120 valence electrons. The number of Topliss-reactive ketones (excluding diaryl/α,β-unsaturated/α-hetero) is 1. The molecule has 7 heteroatoms. The Kier molecular flexibility index (Phi) is 9.20. The second-order valence-corrected chi connectivity index (χ2v) is 5.05. The molecule has 2 atom stereocenters. The lowest BCUT2D eigenvalue weighted by Crippen LogP contribution is -2.45. The van der Waals surface area contributed by atoms with Crippen LogP contribution in [0.3, 0.4) is 0 Å². The Morgan fingerprint density at radius 3 is 2.33 bits per heavy atom. The van der Waals surface area contributed by atoms with Gasteiger partial charge in [0.25, 0.3) is 0 Å². The zero-order valence-electron chi connectivity index (χ0n) is 13.0. The van der Waals surface area contributed by atoms with Crippen molar-refractivity contribution in [3.63, 3.8) is 0 Å². The number of hydrogen-bond donors (Lipinski definition) is 2. The minimum Gasteiger partial charge on any atom is -0.461 e. The van der Waals surface area contributed by atoms with Gasteiger partial charge in [-0.05, 0) is 20.3 Å². The van der Waals surface area contributed by atoms with Crippen molar-refractivity contribution in [2.24, 2.45) is 5.92 Å². The summed E-state index contributed by atoms with van der Waals surface area (Å²) in [6.07, 6.45) is 0.484. The number of hydrogen-bond acceptors (Lipinski definition) is 6. The van der Waals surface area contributed by atoms with Gasteiger partial charge in [0.15, 0.2) is 5.78 Å². The predicted octanol–water partition coefficient (Wildman–Crippen LogP) is 0.704. The first-order chi connectivity index (χ1) is 9.81. The Morgan fingerprint density at radius 1 is 1.24 bits per heavy atom. The highest BCUT2D eigenvalue weighted by Gasteiger charge is 2.25. The third-order valence-electron chi connectivity index (χ3n) is 2.66. The third kappa shape index (κ3) is 8.19. The van der Waals surface area contributed by atoms with Crippen LogP contribution in [0.25, 0.3) is 0 Å². The molecular formula is C14H24N2O5. The van der Waals surface area contributed by atoms with Crippen molar-refractivity contribution in [1.29, 1.82) is 5.41 Å². The van der Waals surface area contributed by atoms with Crippen LogP contribution < -0.4 is 5.32 Å². The van der Waals surface area contributed by atoms with E-state index in [4.69, 9.17) is 14.9 Å². The molecule has 0 rings (SSSR count). The summed E-state index contributed by atoms with van der Waals surface area (Å²) in [7, 11) is 1.48. The van der Waals surface area contributed by atoms with Crippen LogP contribution in [-0.2, 0) is 23.9 Å². The number of methoxy groups -OCH3 is 1. The second-order valence-electron chi connectivity index (χ2n) is 5.05. The first-order valence-electron chi connectivity index (χ1n) is 6.84. The maximum atomic E-state index is 11.9. The fraction of sp³-hybridized carbons (Fsp3) is 0.714. The first-order valence-corrected chi connectivity index (χ1v) is 6.84. The van der Waals surface area contributed by atoms with Gasteiger partial charge in [-0.15, -0.1) is 0 Å². The van der Waals surface area contributed by atoms with Crippen LogP contribution in [0.2, 0.25) is 0 Å². The summed E-state index contributed by atoms with van der Waals surface area (Å²) in [6.45, 7) is 5.31. The fourth-order valence-corrected chi connectivity index (χ4v) is 1.56. The number of ketones is 1. The summed E-state index contributed by atoms with van der Waals surface area (Å²) in [5.41, 5.74) is 0. The molecule has 0 heterocycles. The summed E-state index contributed by atoms with van der Waals surface area (Å²) < 4.78 is 9.95. The van der Waals surface area contributed by atoms with Crippen LogP contribution in [0.15, 0.2) is 0 Å². The van der Waals surface area contributed by atoms with Gasteiger partial charge in [0.1, 0.15) is 6.04 Å². The number of rotatable bonds is 10. The van der Waals surface area contributed by atoms with Crippen molar-refractivity contribution in [2.45, 2.75) is 45.8 Å². The van der Waals surface area contributed by atoms with Crippen molar-refractivity contribution in [2.75, 3.05) is 13.7 Å². The predicted molar refractivity (Wildman–Crippen MR) is 77.2 cm³/mol. The minimum absolute atomic E-state index is 0.000298. The third-order valence-corrected chi connectivity index (χ3v) is 2.66. The molecule has 0 aromatic heterocycles. The Labute approximate surface area is 124 Å². The Balaban J connectivity index is 4.70. The van der Waals surface area contributed by atoms with Crippen molar-refractivity contribution < 1.29 is 23.9 Å². The molecule has 2 N–H and O–H groups in total. The van der Waals surface area contributed by atoms with E-state index in [9.17, 15) is 14.4 Å². The summed E-state index contributed by atoms with van der Waals surface area (Å²) in [4.78, 5) is 35.0. The zero-order chi connectivity index (χ0) is 16.4. The van der Waals surface area contributed by atoms with Gasteiger partial charge in [-0.3, -0.25) is 9.59 Å². The van der Waals surface area contributed by atoms with Crippen LogP contribution in [0.1, 0.15) is 33.6 Å². The molecule has 0 unspecified atom stereocenters. The molecule has 0 saturated heterocycles. The number of amides is 1. The molecule has 7 nitrogen and oxygen atoms in total. The van der Waals surface area contributed by atoms with Crippen molar-refractivity contribution >= 4 is 23.9 Å². The van der Waals surface area contributed by atoms with Crippen molar-refractivity contribution in [3.8, 4) is 0 Å². The summed E-state index contributed by atoms with van der Waals surface area (Å²) in [5.74, 6) is -1.75.